The second-order valence-corrected chi connectivity index (χ2v) is 24.6. The molecule has 436 valence electrons. The van der Waals surface area contributed by atoms with Crippen molar-refractivity contribution in [3.8, 4) is 0 Å². The maximum absolute atomic E-state index is 13.0. The Morgan fingerprint density at radius 1 is 0.459 bits per heavy atom. The third-order valence-corrected chi connectivity index (χ3v) is 15.5. The molecule has 0 aliphatic carbocycles. The van der Waals surface area contributed by atoms with Crippen molar-refractivity contribution in [2.75, 3.05) is 40.9 Å². The average Bonchev–Trinajstić information content (AvgIpc) is 3.36. The number of quaternary nitrogens is 1. The molecule has 0 aromatic rings. The minimum Gasteiger partial charge on any atom is -0.387 e. The number of allylic oxidation sites excluding steroid dienone is 7. The van der Waals surface area contributed by atoms with Crippen molar-refractivity contribution in [1.82, 2.24) is 5.32 Å². The first-order valence-electron chi connectivity index (χ1n) is 32.0. The van der Waals surface area contributed by atoms with Gasteiger partial charge < -0.3 is 19.8 Å². The van der Waals surface area contributed by atoms with Crippen LogP contribution in [0.25, 0.3) is 0 Å². The minimum absolute atomic E-state index is 0.0603. The molecule has 0 heterocycles. The van der Waals surface area contributed by atoms with Crippen LogP contribution in [0.4, 0.5) is 0 Å². The van der Waals surface area contributed by atoms with Crippen LogP contribution in [0.5, 0.6) is 0 Å². The molecule has 0 bridgehead atoms. The number of unbranched alkanes of at least 4 members (excludes halogenated alkanes) is 40. The highest BCUT2D eigenvalue weighted by Crippen LogP contribution is 2.43. The molecule has 0 saturated carbocycles. The van der Waals surface area contributed by atoms with Crippen LogP contribution in [-0.4, -0.2) is 73.4 Å². The van der Waals surface area contributed by atoms with Gasteiger partial charge in [0.25, 0.3) is 0 Å². The third-order valence-electron chi connectivity index (χ3n) is 14.5. The zero-order chi connectivity index (χ0) is 54.2. The summed E-state index contributed by atoms with van der Waals surface area (Å²) in [5.41, 5.74) is 0. The van der Waals surface area contributed by atoms with Gasteiger partial charge in [0.1, 0.15) is 13.2 Å². The van der Waals surface area contributed by atoms with Gasteiger partial charge in [0, 0.05) is 6.42 Å². The largest absolute Gasteiger partial charge is 0.472 e. The average molecular weight is 1060 g/mol. The molecule has 0 spiro atoms. The lowest BCUT2D eigenvalue weighted by molar-refractivity contribution is -0.870. The van der Waals surface area contributed by atoms with Gasteiger partial charge in [-0.25, -0.2) is 4.57 Å². The molecule has 0 radical (unpaired) electrons. The smallest absolute Gasteiger partial charge is 0.387 e. The summed E-state index contributed by atoms with van der Waals surface area (Å²) in [4.78, 5) is 23.4. The van der Waals surface area contributed by atoms with Gasteiger partial charge in [0.15, 0.2) is 0 Å². The van der Waals surface area contributed by atoms with E-state index < -0.39 is 20.0 Å². The Kier molecular flexibility index (Phi) is 55.0. The monoisotopic (exact) mass is 1060 g/mol. The minimum atomic E-state index is -4.35. The van der Waals surface area contributed by atoms with E-state index in [4.69, 9.17) is 9.05 Å². The highest BCUT2D eigenvalue weighted by molar-refractivity contribution is 7.47. The molecule has 0 aromatic carbocycles. The van der Waals surface area contributed by atoms with Gasteiger partial charge in [-0.05, 0) is 57.8 Å². The Morgan fingerprint density at radius 2 is 0.770 bits per heavy atom. The Bertz CT molecular complexity index is 1340. The number of aliphatic hydroxyl groups excluding tert-OH is 1. The Hall–Kier alpha value is -1.54. The van der Waals surface area contributed by atoms with Crippen molar-refractivity contribution >= 4 is 13.7 Å². The zero-order valence-corrected chi connectivity index (χ0v) is 50.7. The van der Waals surface area contributed by atoms with E-state index in [1.165, 1.54) is 238 Å². The van der Waals surface area contributed by atoms with E-state index in [0.29, 0.717) is 17.4 Å². The number of aliphatic hydroxyl groups is 1. The molecule has 3 atom stereocenters. The van der Waals surface area contributed by atoms with Crippen molar-refractivity contribution in [1.29, 1.82) is 0 Å². The molecule has 0 aliphatic heterocycles. The van der Waals surface area contributed by atoms with Gasteiger partial charge in [-0.15, -0.1) is 0 Å². The van der Waals surface area contributed by atoms with Crippen molar-refractivity contribution in [2.24, 2.45) is 0 Å². The van der Waals surface area contributed by atoms with Gasteiger partial charge in [-0.3, -0.25) is 13.8 Å². The van der Waals surface area contributed by atoms with E-state index in [9.17, 15) is 19.4 Å². The van der Waals surface area contributed by atoms with Crippen LogP contribution in [0.3, 0.4) is 0 Å². The first-order chi connectivity index (χ1) is 36.0. The van der Waals surface area contributed by atoms with Crippen molar-refractivity contribution in [3.05, 3.63) is 48.6 Å². The fourth-order valence-corrected chi connectivity index (χ4v) is 10.3. The summed E-state index contributed by atoms with van der Waals surface area (Å²) in [6.45, 7) is 4.84. The van der Waals surface area contributed by atoms with Crippen LogP contribution in [0, 0.1) is 0 Å². The fraction of sp³-hybridized carbons (Fsp3) is 0.862. The van der Waals surface area contributed by atoms with Crippen LogP contribution in [0.2, 0.25) is 0 Å². The lowest BCUT2D eigenvalue weighted by Crippen LogP contribution is -2.45. The van der Waals surface area contributed by atoms with E-state index >= 15 is 0 Å². The van der Waals surface area contributed by atoms with Crippen LogP contribution >= 0.6 is 7.82 Å². The van der Waals surface area contributed by atoms with E-state index in [1.54, 1.807) is 6.08 Å². The summed E-state index contributed by atoms with van der Waals surface area (Å²) < 4.78 is 23.8. The molecular formula is C65H126N2O6P+. The molecule has 0 fully saturated rings. The number of hydrogen-bond acceptors (Lipinski definition) is 5. The van der Waals surface area contributed by atoms with Gasteiger partial charge >= 0.3 is 7.82 Å². The first-order valence-corrected chi connectivity index (χ1v) is 33.5. The van der Waals surface area contributed by atoms with Gasteiger partial charge in [-0.1, -0.05) is 294 Å². The quantitative estimate of drug-likeness (QED) is 0.0243. The highest BCUT2D eigenvalue weighted by atomic mass is 31.2. The Morgan fingerprint density at radius 3 is 1.12 bits per heavy atom. The van der Waals surface area contributed by atoms with Crippen LogP contribution in [0.1, 0.15) is 309 Å². The van der Waals surface area contributed by atoms with Crippen LogP contribution in [-0.2, 0) is 18.4 Å². The summed E-state index contributed by atoms with van der Waals surface area (Å²) in [5, 5.41) is 14.0. The molecule has 0 aromatic heterocycles. The Labute approximate surface area is 460 Å². The van der Waals surface area contributed by atoms with E-state index in [-0.39, 0.29) is 19.1 Å². The van der Waals surface area contributed by atoms with Crippen LogP contribution in [0.15, 0.2) is 48.6 Å². The van der Waals surface area contributed by atoms with Crippen molar-refractivity contribution in [2.45, 2.75) is 321 Å². The maximum atomic E-state index is 13.0. The second-order valence-electron chi connectivity index (χ2n) is 23.1. The van der Waals surface area contributed by atoms with Crippen molar-refractivity contribution in [3.63, 3.8) is 0 Å². The summed E-state index contributed by atoms with van der Waals surface area (Å²) in [6, 6.07) is -0.851. The number of likely N-dealkylation sites (N-methyl/N-ethyl adjacent to an activating group) is 1. The second kappa shape index (κ2) is 56.2. The number of nitrogens with one attached hydrogen (secondary N) is 1. The summed E-state index contributed by atoms with van der Waals surface area (Å²) in [6.07, 6.45) is 75.1. The molecule has 0 saturated heterocycles. The van der Waals surface area contributed by atoms with Gasteiger partial charge in [0.2, 0.25) is 5.91 Å². The fourth-order valence-electron chi connectivity index (χ4n) is 9.52. The molecule has 0 rings (SSSR count). The summed E-state index contributed by atoms with van der Waals surface area (Å²) in [7, 11) is 1.58. The molecule has 9 heteroatoms. The molecule has 3 unspecified atom stereocenters. The molecule has 0 aliphatic rings. The van der Waals surface area contributed by atoms with E-state index in [0.717, 1.165) is 51.4 Å². The van der Waals surface area contributed by atoms with Gasteiger partial charge in [0.05, 0.1) is 39.9 Å². The Balaban J connectivity index is 4.15. The number of phosphoric ester groups is 1. The highest BCUT2D eigenvalue weighted by Gasteiger charge is 2.28. The number of amides is 1. The number of phosphoric acid groups is 1. The molecule has 1 amide bonds. The molecule has 8 nitrogen and oxygen atoms in total. The number of carbonyl (C=O) groups excluding carboxylic acids is 1. The SMILES string of the molecule is CCCCCCC/C=C\C/C=C\C/C=C\CCCCCCCCCCCCC(=O)NC(COP(=O)(O)OCC[N+](C)(C)C)C(O)/C=C/CCCCCCCCCCCCCCCCCCCCCCCCCCC. The third kappa shape index (κ3) is 58.1. The topological polar surface area (TPSA) is 105 Å². The number of rotatable bonds is 59. The zero-order valence-electron chi connectivity index (χ0n) is 49.8. The maximum Gasteiger partial charge on any atom is 0.472 e. The lowest BCUT2D eigenvalue weighted by Gasteiger charge is -2.25. The summed E-state index contributed by atoms with van der Waals surface area (Å²) in [5.74, 6) is -0.178. The lowest BCUT2D eigenvalue weighted by atomic mass is 10.0. The predicted molar refractivity (Wildman–Crippen MR) is 323 cm³/mol. The summed E-state index contributed by atoms with van der Waals surface area (Å²) >= 11 is 0. The number of hydrogen-bond donors (Lipinski definition) is 3. The van der Waals surface area contributed by atoms with E-state index in [1.807, 2.05) is 27.2 Å². The van der Waals surface area contributed by atoms with Crippen LogP contribution < -0.4 is 5.32 Å². The predicted octanol–water partition coefficient (Wildman–Crippen LogP) is 19.9. The molecule has 74 heavy (non-hydrogen) atoms. The van der Waals surface area contributed by atoms with Crippen molar-refractivity contribution < 1.29 is 32.9 Å². The molecule has 3 N–H and O–H groups in total. The normalized spacial score (nSPS) is 14.1. The standard InChI is InChI=1S/C65H125N2O6P/c1-6-8-10-12-14-16-18-20-22-24-26-28-30-32-33-35-36-38-40-42-44-46-48-50-52-54-56-58-64(68)63(62-73-74(70,71)72-61-60-67(3,4)5)66-65(69)59-57-55-53-51-49-47-45-43-41-39-37-34-31-29-27-25-23-21-19-17-15-13-11-9-7-2/h19,21,25,27,31,34,56,58,63-64,68H,6-18,20,22-24,26,28-30,32-33,35-55,57,59-62H2,1-5H3,(H-,66,69,70,71)/p+1/b21-19-,27-25-,34-31-,58-56+. The van der Waals surface area contributed by atoms with E-state index in [2.05, 4.69) is 55.6 Å². The van der Waals surface area contributed by atoms with Gasteiger partial charge in [-0.2, -0.15) is 0 Å². The number of nitrogens with zero attached hydrogens (tertiary/aromatic N) is 1. The number of carbonyl (C=O) groups is 1. The molecular weight excluding hydrogens is 936 g/mol. The first kappa shape index (κ1) is 72.5.